The fourth-order valence-electron chi connectivity index (χ4n) is 1.42. The molecule has 1 rings (SSSR count). The van der Waals surface area contributed by atoms with Gasteiger partial charge in [-0.1, -0.05) is 0 Å². The Morgan fingerprint density at radius 2 is 1.89 bits per heavy atom. The van der Waals surface area contributed by atoms with E-state index < -0.39 is 11.7 Å². The number of rotatable bonds is 4. The van der Waals surface area contributed by atoms with Crippen molar-refractivity contribution >= 4 is 11.7 Å². The molecule has 0 amide bonds. The van der Waals surface area contributed by atoms with E-state index in [0.717, 1.165) is 12.1 Å². The lowest BCUT2D eigenvalue weighted by Gasteiger charge is -2.14. The molecule has 0 bridgehead atoms. The van der Waals surface area contributed by atoms with E-state index in [9.17, 15) is 18.0 Å². The third kappa shape index (κ3) is 4.27. The fourth-order valence-corrected chi connectivity index (χ4v) is 1.42. The Morgan fingerprint density at radius 1 is 1.33 bits per heavy atom. The molecule has 6 heteroatoms. The summed E-state index contributed by atoms with van der Waals surface area (Å²) in [5.41, 5.74) is -0.173. The summed E-state index contributed by atoms with van der Waals surface area (Å²) in [5.74, 6) is -0.373. The second-order valence-electron chi connectivity index (χ2n) is 3.90. The van der Waals surface area contributed by atoms with Crippen molar-refractivity contribution in [1.29, 1.82) is 0 Å². The van der Waals surface area contributed by atoms with Crippen LogP contribution < -0.4 is 5.32 Å². The number of esters is 1. The van der Waals surface area contributed by atoms with Crippen LogP contribution in [0, 0.1) is 0 Å². The van der Waals surface area contributed by atoms with Gasteiger partial charge in [-0.15, -0.1) is 0 Å². The van der Waals surface area contributed by atoms with Gasteiger partial charge >= 0.3 is 12.1 Å². The fraction of sp³-hybridized carbons (Fsp3) is 0.417. The minimum atomic E-state index is -4.34. The van der Waals surface area contributed by atoms with E-state index in [-0.39, 0.29) is 18.4 Å². The lowest BCUT2D eigenvalue weighted by Crippen LogP contribution is -2.20. The Morgan fingerprint density at radius 3 is 2.33 bits per heavy atom. The summed E-state index contributed by atoms with van der Waals surface area (Å²) in [7, 11) is 1.28. The zero-order valence-corrected chi connectivity index (χ0v) is 10.0. The number of carbonyl (C=O) groups is 1. The highest BCUT2D eigenvalue weighted by molar-refractivity contribution is 5.70. The summed E-state index contributed by atoms with van der Waals surface area (Å²) in [6, 6.07) is 4.43. The molecule has 1 aromatic rings. The standard InChI is InChI=1S/C12H14F3NO2/c1-8(7-11(17)18-2)16-10-5-3-9(4-6-10)12(13,14)15/h3-6,8,16H,7H2,1-2H3/t8-/m1/s1. The first kappa shape index (κ1) is 14.3. The molecule has 0 fully saturated rings. The molecule has 0 aliphatic carbocycles. The van der Waals surface area contributed by atoms with Crippen molar-refractivity contribution in [3.63, 3.8) is 0 Å². The summed E-state index contributed by atoms with van der Waals surface area (Å²) in [6.07, 6.45) is -4.19. The van der Waals surface area contributed by atoms with Crippen LogP contribution in [0.5, 0.6) is 0 Å². The van der Waals surface area contributed by atoms with Crippen LogP contribution in [-0.2, 0) is 15.7 Å². The van der Waals surface area contributed by atoms with Gasteiger partial charge in [0, 0.05) is 11.7 Å². The largest absolute Gasteiger partial charge is 0.469 e. The monoisotopic (exact) mass is 261 g/mol. The summed E-state index contributed by atoms with van der Waals surface area (Å²) in [6.45, 7) is 1.74. The predicted molar refractivity (Wildman–Crippen MR) is 61.2 cm³/mol. The maximum absolute atomic E-state index is 12.3. The van der Waals surface area contributed by atoms with Gasteiger partial charge < -0.3 is 10.1 Å². The normalized spacial score (nSPS) is 12.9. The van der Waals surface area contributed by atoms with Gasteiger partial charge in [-0.25, -0.2) is 0 Å². The minimum Gasteiger partial charge on any atom is -0.469 e. The third-order valence-electron chi connectivity index (χ3n) is 2.33. The van der Waals surface area contributed by atoms with Gasteiger partial charge in [-0.05, 0) is 31.2 Å². The van der Waals surface area contributed by atoms with Crippen molar-refractivity contribution < 1.29 is 22.7 Å². The first-order valence-electron chi connectivity index (χ1n) is 5.33. The number of carbonyl (C=O) groups excluding carboxylic acids is 1. The molecular formula is C12H14F3NO2. The lowest BCUT2D eigenvalue weighted by molar-refractivity contribution is -0.140. The number of ether oxygens (including phenoxy) is 1. The molecule has 0 aromatic heterocycles. The van der Waals surface area contributed by atoms with E-state index in [1.165, 1.54) is 19.2 Å². The highest BCUT2D eigenvalue weighted by Gasteiger charge is 2.29. The second kappa shape index (κ2) is 5.75. The summed E-state index contributed by atoms with van der Waals surface area (Å²) >= 11 is 0. The molecule has 100 valence electrons. The van der Waals surface area contributed by atoms with E-state index in [4.69, 9.17) is 0 Å². The Balaban J connectivity index is 2.61. The first-order valence-corrected chi connectivity index (χ1v) is 5.33. The van der Waals surface area contributed by atoms with Crippen molar-refractivity contribution in [2.45, 2.75) is 25.6 Å². The van der Waals surface area contributed by atoms with Gasteiger partial charge in [-0.3, -0.25) is 4.79 Å². The SMILES string of the molecule is COC(=O)C[C@@H](C)Nc1ccc(C(F)(F)F)cc1. The molecule has 0 aliphatic heterocycles. The van der Waals surface area contributed by atoms with Crippen LogP contribution in [0.2, 0.25) is 0 Å². The number of benzene rings is 1. The third-order valence-corrected chi connectivity index (χ3v) is 2.33. The van der Waals surface area contributed by atoms with E-state index in [2.05, 4.69) is 10.1 Å². The van der Waals surface area contributed by atoms with Crippen LogP contribution in [-0.4, -0.2) is 19.1 Å². The van der Waals surface area contributed by atoms with Crippen molar-refractivity contribution in [3.8, 4) is 0 Å². The van der Waals surface area contributed by atoms with E-state index in [1.807, 2.05) is 0 Å². The average Bonchev–Trinajstić information content (AvgIpc) is 2.28. The summed E-state index contributed by atoms with van der Waals surface area (Å²) in [5, 5.41) is 2.92. The van der Waals surface area contributed by atoms with E-state index >= 15 is 0 Å². The minimum absolute atomic E-state index is 0.150. The van der Waals surface area contributed by atoms with Crippen LogP contribution in [0.4, 0.5) is 18.9 Å². The van der Waals surface area contributed by atoms with Crippen LogP contribution in [0.1, 0.15) is 18.9 Å². The van der Waals surface area contributed by atoms with Crippen molar-refractivity contribution in [2.75, 3.05) is 12.4 Å². The molecule has 0 aliphatic rings. The van der Waals surface area contributed by atoms with Gasteiger partial charge in [0.25, 0.3) is 0 Å². The molecule has 0 unspecified atom stereocenters. The molecule has 1 aromatic carbocycles. The maximum atomic E-state index is 12.3. The quantitative estimate of drug-likeness (QED) is 0.846. The number of nitrogens with one attached hydrogen (secondary N) is 1. The van der Waals surface area contributed by atoms with Gasteiger partial charge in [0.05, 0.1) is 19.1 Å². The molecule has 3 nitrogen and oxygen atoms in total. The Labute approximate surface area is 103 Å². The number of halogens is 3. The van der Waals surface area contributed by atoms with Crippen LogP contribution >= 0.6 is 0 Å². The molecule has 0 radical (unpaired) electrons. The molecule has 0 spiro atoms. The number of hydrogen-bond donors (Lipinski definition) is 1. The molecular weight excluding hydrogens is 247 g/mol. The van der Waals surface area contributed by atoms with Gasteiger partial charge in [0.1, 0.15) is 0 Å². The predicted octanol–water partition coefficient (Wildman–Crippen LogP) is 3.07. The smallest absolute Gasteiger partial charge is 0.416 e. The number of alkyl halides is 3. The Kier molecular flexibility index (Phi) is 4.58. The highest BCUT2D eigenvalue weighted by atomic mass is 19.4. The van der Waals surface area contributed by atoms with Gasteiger partial charge in [0.15, 0.2) is 0 Å². The van der Waals surface area contributed by atoms with Crippen molar-refractivity contribution in [1.82, 2.24) is 0 Å². The zero-order valence-electron chi connectivity index (χ0n) is 10.0. The molecule has 0 saturated carbocycles. The molecule has 1 N–H and O–H groups in total. The molecule has 0 saturated heterocycles. The average molecular weight is 261 g/mol. The van der Waals surface area contributed by atoms with Crippen molar-refractivity contribution in [2.24, 2.45) is 0 Å². The van der Waals surface area contributed by atoms with Crippen molar-refractivity contribution in [3.05, 3.63) is 29.8 Å². The van der Waals surface area contributed by atoms with Crippen LogP contribution in [0.25, 0.3) is 0 Å². The van der Waals surface area contributed by atoms with Crippen LogP contribution in [0.15, 0.2) is 24.3 Å². The van der Waals surface area contributed by atoms with Gasteiger partial charge in [-0.2, -0.15) is 13.2 Å². The molecule has 18 heavy (non-hydrogen) atoms. The summed E-state index contributed by atoms with van der Waals surface area (Å²) in [4.78, 5) is 11.0. The topological polar surface area (TPSA) is 38.3 Å². The van der Waals surface area contributed by atoms with Gasteiger partial charge in [0.2, 0.25) is 0 Å². The lowest BCUT2D eigenvalue weighted by atomic mass is 10.1. The second-order valence-corrected chi connectivity index (χ2v) is 3.90. The number of hydrogen-bond acceptors (Lipinski definition) is 3. The Bertz CT molecular complexity index is 401. The van der Waals surface area contributed by atoms with E-state index in [0.29, 0.717) is 5.69 Å². The maximum Gasteiger partial charge on any atom is 0.416 e. The number of methoxy groups -OCH3 is 1. The highest BCUT2D eigenvalue weighted by Crippen LogP contribution is 2.29. The summed E-state index contributed by atoms with van der Waals surface area (Å²) < 4.78 is 41.4. The molecule has 0 heterocycles. The Hall–Kier alpha value is -1.72. The van der Waals surface area contributed by atoms with E-state index in [1.54, 1.807) is 6.92 Å². The zero-order chi connectivity index (χ0) is 13.8. The number of anilines is 1. The first-order chi connectivity index (χ1) is 8.32. The molecule has 1 atom stereocenters. The van der Waals surface area contributed by atoms with Crippen LogP contribution in [0.3, 0.4) is 0 Å².